The van der Waals surface area contributed by atoms with Crippen LogP contribution in [-0.4, -0.2) is 44.2 Å². The van der Waals surface area contributed by atoms with Crippen molar-refractivity contribution in [2.24, 2.45) is 0 Å². The molecule has 1 aromatic carbocycles. The van der Waals surface area contributed by atoms with Gasteiger partial charge in [0.05, 0.1) is 12.6 Å². The van der Waals surface area contributed by atoms with Crippen molar-refractivity contribution >= 4 is 21.8 Å². The largest absolute Gasteiger partial charge is 0.486 e. The van der Waals surface area contributed by atoms with Crippen LogP contribution in [0.5, 0.6) is 11.5 Å². The van der Waals surface area contributed by atoms with Crippen molar-refractivity contribution in [2.45, 2.75) is 6.04 Å². The summed E-state index contributed by atoms with van der Waals surface area (Å²) in [6.07, 6.45) is 0. The van der Waals surface area contributed by atoms with Crippen LogP contribution in [0.4, 0.5) is 0 Å². The van der Waals surface area contributed by atoms with E-state index in [2.05, 4.69) is 21.2 Å². The maximum atomic E-state index is 12.1. The zero-order chi connectivity index (χ0) is 13.7. The van der Waals surface area contributed by atoms with Gasteiger partial charge in [0.25, 0.3) is 5.91 Å². The van der Waals surface area contributed by atoms with Crippen LogP contribution in [0, 0.1) is 0 Å². The quantitative estimate of drug-likeness (QED) is 0.833. The molecule has 5 nitrogen and oxygen atoms in total. The number of fused-ring (bicyclic) bond motifs is 1. The van der Waals surface area contributed by atoms with Crippen molar-refractivity contribution in [3.63, 3.8) is 0 Å². The Morgan fingerprint density at radius 3 is 2.84 bits per heavy atom. The van der Waals surface area contributed by atoms with Gasteiger partial charge >= 0.3 is 0 Å². The lowest BCUT2D eigenvalue weighted by atomic mass is 10.1. The van der Waals surface area contributed by atoms with E-state index in [0.29, 0.717) is 42.2 Å². The van der Waals surface area contributed by atoms with Gasteiger partial charge in [-0.1, -0.05) is 15.9 Å². The minimum absolute atomic E-state index is 0.0642. The molecule has 1 aromatic rings. The number of carbonyl (C=O) groups excluding carboxylic acids is 1. The highest BCUT2D eigenvalue weighted by atomic mass is 79.9. The van der Waals surface area contributed by atoms with Crippen LogP contribution in [0.2, 0.25) is 0 Å². The Balaban J connectivity index is 2.06. The molecule has 1 aliphatic heterocycles. The predicted octanol–water partition coefficient (Wildman–Crippen LogP) is 1.60. The normalized spacial score (nSPS) is 14.8. The van der Waals surface area contributed by atoms with Gasteiger partial charge in [0, 0.05) is 18.0 Å². The van der Waals surface area contributed by atoms with Gasteiger partial charge in [0.15, 0.2) is 11.5 Å². The van der Waals surface area contributed by atoms with Gasteiger partial charge in [-0.2, -0.15) is 0 Å². The van der Waals surface area contributed by atoms with E-state index in [0.717, 1.165) is 0 Å². The van der Waals surface area contributed by atoms with Crippen LogP contribution in [0.25, 0.3) is 0 Å². The van der Waals surface area contributed by atoms with E-state index < -0.39 is 0 Å². The fourth-order valence-electron chi connectivity index (χ4n) is 1.78. The van der Waals surface area contributed by atoms with E-state index in [4.69, 9.17) is 14.2 Å². The van der Waals surface area contributed by atoms with Gasteiger partial charge in [-0.3, -0.25) is 4.79 Å². The third-order valence-corrected chi connectivity index (χ3v) is 3.48. The van der Waals surface area contributed by atoms with E-state index in [1.165, 1.54) is 0 Å². The van der Waals surface area contributed by atoms with Crippen molar-refractivity contribution in [3.05, 3.63) is 23.8 Å². The highest BCUT2D eigenvalue weighted by Gasteiger charge is 2.17. The first-order valence-corrected chi connectivity index (χ1v) is 7.12. The summed E-state index contributed by atoms with van der Waals surface area (Å²) in [5.74, 6) is 1.14. The molecule has 0 saturated carbocycles. The monoisotopic (exact) mass is 329 g/mol. The van der Waals surface area contributed by atoms with E-state index in [1.54, 1.807) is 25.3 Å². The second-order valence-electron chi connectivity index (χ2n) is 4.14. The van der Waals surface area contributed by atoms with Crippen LogP contribution in [-0.2, 0) is 4.74 Å². The molecule has 0 aliphatic carbocycles. The first kappa shape index (κ1) is 14.1. The number of benzene rings is 1. The minimum atomic E-state index is -0.154. The average molecular weight is 330 g/mol. The topological polar surface area (TPSA) is 56.8 Å². The number of rotatable bonds is 5. The SMILES string of the molecule is COCC(CBr)NC(=O)c1ccc2c(c1)OCCO2. The van der Waals surface area contributed by atoms with Crippen molar-refractivity contribution in [3.8, 4) is 11.5 Å². The fraction of sp³-hybridized carbons (Fsp3) is 0.462. The third kappa shape index (κ3) is 3.61. The molecular weight excluding hydrogens is 314 g/mol. The summed E-state index contributed by atoms with van der Waals surface area (Å²) in [5.41, 5.74) is 0.548. The molecule has 0 spiro atoms. The molecule has 1 atom stereocenters. The van der Waals surface area contributed by atoms with Gasteiger partial charge in [-0.05, 0) is 18.2 Å². The fourth-order valence-corrected chi connectivity index (χ4v) is 2.13. The van der Waals surface area contributed by atoms with Crippen LogP contribution in [0.3, 0.4) is 0 Å². The summed E-state index contributed by atoms with van der Waals surface area (Å²) in [6, 6.07) is 5.11. The van der Waals surface area contributed by atoms with Crippen molar-refractivity contribution in [2.75, 3.05) is 32.3 Å². The average Bonchev–Trinajstić information content (AvgIpc) is 2.46. The molecule has 2 rings (SSSR count). The van der Waals surface area contributed by atoms with Crippen molar-refractivity contribution < 1.29 is 19.0 Å². The zero-order valence-corrected chi connectivity index (χ0v) is 12.2. The Bertz CT molecular complexity index is 452. The molecule has 19 heavy (non-hydrogen) atoms. The molecule has 1 heterocycles. The number of methoxy groups -OCH3 is 1. The molecule has 0 radical (unpaired) electrons. The van der Waals surface area contributed by atoms with Crippen LogP contribution in [0.1, 0.15) is 10.4 Å². The van der Waals surface area contributed by atoms with E-state index in [9.17, 15) is 4.79 Å². The summed E-state index contributed by atoms with van der Waals surface area (Å²) in [7, 11) is 1.60. The lowest BCUT2D eigenvalue weighted by Crippen LogP contribution is -2.39. The number of hydrogen-bond donors (Lipinski definition) is 1. The van der Waals surface area contributed by atoms with Crippen LogP contribution < -0.4 is 14.8 Å². The maximum Gasteiger partial charge on any atom is 0.251 e. The van der Waals surface area contributed by atoms with Gasteiger partial charge in [0.2, 0.25) is 0 Å². The Labute approximate surface area is 120 Å². The highest BCUT2D eigenvalue weighted by Crippen LogP contribution is 2.30. The standard InChI is InChI=1S/C13H16BrNO4/c1-17-8-10(7-14)15-13(16)9-2-3-11-12(6-9)19-5-4-18-11/h2-3,6,10H,4-5,7-8H2,1H3,(H,15,16). The van der Waals surface area contributed by atoms with E-state index in [1.807, 2.05) is 0 Å². The number of halogens is 1. The van der Waals surface area contributed by atoms with Crippen molar-refractivity contribution in [1.29, 1.82) is 0 Å². The molecule has 0 bridgehead atoms. The van der Waals surface area contributed by atoms with Gasteiger partial charge in [0.1, 0.15) is 13.2 Å². The van der Waals surface area contributed by atoms with Gasteiger partial charge in [-0.15, -0.1) is 0 Å². The molecule has 1 aliphatic rings. The second-order valence-corrected chi connectivity index (χ2v) is 4.79. The number of amides is 1. The molecule has 1 N–H and O–H groups in total. The molecule has 0 saturated heterocycles. The Kier molecular flexibility index (Phi) is 5.04. The first-order valence-electron chi connectivity index (χ1n) is 6.00. The molecule has 1 amide bonds. The Morgan fingerprint density at radius 1 is 1.42 bits per heavy atom. The molecule has 6 heteroatoms. The summed E-state index contributed by atoms with van der Waals surface area (Å²) in [5, 5.41) is 3.52. The third-order valence-electron chi connectivity index (χ3n) is 2.69. The lowest BCUT2D eigenvalue weighted by Gasteiger charge is -2.19. The van der Waals surface area contributed by atoms with Crippen molar-refractivity contribution in [1.82, 2.24) is 5.32 Å². The summed E-state index contributed by atoms with van der Waals surface area (Å²) >= 11 is 3.34. The highest BCUT2D eigenvalue weighted by molar-refractivity contribution is 9.09. The zero-order valence-electron chi connectivity index (χ0n) is 10.6. The number of carbonyl (C=O) groups is 1. The summed E-state index contributed by atoms with van der Waals surface area (Å²) in [6.45, 7) is 1.51. The Hall–Kier alpha value is -1.27. The number of ether oxygens (including phenoxy) is 3. The van der Waals surface area contributed by atoms with Gasteiger partial charge in [-0.25, -0.2) is 0 Å². The molecular formula is C13H16BrNO4. The molecule has 0 fully saturated rings. The second kappa shape index (κ2) is 6.77. The predicted molar refractivity (Wildman–Crippen MR) is 74.4 cm³/mol. The summed E-state index contributed by atoms with van der Waals surface area (Å²) < 4.78 is 15.9. The van der Waals surface area contributed by atoms with Crippen LogP contribution >= 0.6 is 15.9 Å². The number of hydrogen-bond acceptors (Lipinski definition) is 4. The van der Waals surface area contributed by atoms with Gasteiger partial charge < -0.3 is 19.5 Å². The summed E-state index contributed by atoms with van der Waals surface area (Å²) in [4.78, 5) is 12.1. The van der Waals surface area contributed by atoms with E-state index in [-0.39, 0.29) is 11.9 Å². The molecule has 1 unspecified atom stereocenters. The molecule has 104 valence electrons. The lowest BCUT2D eigenvalue weighted by molar-refractivity contribution is 0.0906. The molecule has 0 aromatic heterocycles. The smallest absolute Gasteiger partial charge is 0.251 e. The first-order chi connectivity index (χ1) is 9.24. The Morgan fingerprint density at radius 2 is 2.16 bits per heavy atom. The number of alkyl halides is 1. The maximum absolute atomic E-state index is 12.1. The minimum Gasteiger partial charge on any atom is -0.486 e. The number of nitrogens with one attached hydrogen (secondary N) is 1. The van der Waals surface area contributed by atoms with Crippen LogP contribution in [0.15, 0.2) is 18.2 Å². The van der Waals surface area contributed by atoms with E-state index >= 15 is 0 Å².